The molecule has 0 amide bonds. The lowest BCUT2D eigenvalue weighted by molar-refractivity contribution is 0.667. The van der Waals surface area contributed by atoms with E-state index in [-0.39, 0.29) is 5.41 Å². The molecule has 276 valence electrons. The molecule has 1 aliphatic carbocycles. The van der Waals surface area contributed by atoms with E-state index in [0.29, 0.717) is 0 Å². The Labute approximate surface area is 341 Å². The van der Waals surface area contributed by atoms with Gasteiger partial charge in [0.1, 0.15) is 0 Å². The number of nitrogens with zero attached hydrogens (tertiary/aromatic N) is 3. The lowest BCUT2D eigenvalue weighted by Crippen LogP contribution is -2.16. The number of hydrogen-bond acceptors (Lipinski definition) is 1. The predicted molar refractivity (Wildman–Crippen MR) is 248 cm³/mol. The maximum atomic E-state index is 4.83. The maximum absolute atomic E-state index is 4.83. The zero-order chi connectivity index (χ0) is 39.0. The zero-order valence-electron chi connectivity index (χ0n) is 32.7. The Bertz CT molecular complexity index is 3700. The molecule has 0 bridgehead atoms. The van der Waals surface area contributed by atoms with E-state index in [1.807, 2.05) is 12.3 Å². The van der Waals surface area contributed by atoms with E-state index in [1.54, 1.807) is 0 Å². The van der Waals surface area contributed by atoms with E-state index in [9.17, 15) is 0 Å². The molecule has 3 aromatic heterocycles. The highest BCUT2D eigenvalue weighted by Crippen LogP contribution is 2.55. The van der Waals surface area contributed by atoms with Crippen molar-refractivity contribution < 1.29 is 0 Å². The summed E-state index contributed by atoms with van der Waals surface area (Å²) in [6, 6.07) is 67.3. The summed E-state index contributed by atoms with van der Waals surface area (Å²) in [6.07, 6.45) is 1.89. The van der Waals surface area contributed by atoms with Crippen molar-refractivity contribution in [2.24, 2.45) is 0 Å². The number of aromatic nitrogens is 3. The molecule has 0 saturated heterocycles. The highest BCUT2D eigenvalue weighted by Gasteiger charge is 2.38. The molecule has 0 unspecified atom stereocenters. The summed E-state index contributed by atoms with van der Waals surface area (Å²) in [5.74, 6) is 0. The molecule has 13 rings (SSSR count). The van der Waals surface area contributed by atoms with Crippen molar-refractivity contribution >= 4 is 76.1 Å². The van der Waals surface area contributed by atoms with Crippen LogP contribution in [0.1, 0.15) is 25.0 Å². The Kier molecular flexibility index (Phi) is 6.51. The Balaban J connectivity index is 1.06. The van der Waals surface area contributed by atoms with Gasteiger partial charge in [-0.1, -0.05) is 129 Å². The summed E-state index contributed by atoms with van der Waals surface area (Å²) in [5.41, 5.74) is 15.6. The third-order valence-electron chi connectivity index (χ3n) is 13.3. The highest BCUT2D eigenvalue weighted by atomic mass is 15.0. The van der Waals surface area contributed by atoms with Crippen molar-refractivity contribution in [1.82, 2.24) is 14.1 Å². The monoisotopic (exact) mass is 751 g/mol. The van der Waals surface area contributed by atoms with Gasteiger partial charge in [-0.3, -0.25) is 4.98 Å². The lowest BCUT2D eigenvalue weighted by atomic mass is 9.78. The van der Waals surface area contributed by atoms with Gasteiger partial charge in [0.2, 0.25) is 0 Å². The van der Waals surface area contributed by atoms with Crippen LogP contribution in [0.5, 0.6) is 0 Å². The summed E-state index contributed by atoms with van der Waals surface area (Å²) in [7, 11) is 0. The van der Waals surface area contributed by atoms with Gasteiger partial charge in [0.15, 0.2) is 0 Å². The Morgan fingerprint density at radius 3 is 1.59 bits per heavy atom. The van der Waals surface area contributed by atoms with E-state index >= 15 is 0 Å². The molecule has 0 saturated carbocycles. The fourth-order valence-electron chi connectivity index (χ4n) is 10.7. The van der Waals surface area contributed by atoms with Gasteiger partial charge >= 0.3 is 0 Å². The fraction of sp³-hybridized carbons (Fsp3) is 0.0536. The second-order valence-corrected chi connectivity index (χ2v) is 16.7. The van der Waals surface area contributed by atoms with E-state index in [2.05, 4.69) is 199 Å². The van der Waals surface area contributed by atoms with Gasteiger partial charge in [-0.2, -0.15) is 0 Å². The molecule has 0 N–H and O–H groups in total. The van der Waals surface area contributed by atoms with E-state index in [0.717, 1.165) is 33.3 Å². The number of fused-ring (bicyclic) bond motifs is 16. The third-order valence-corrected chi connectivity index (χ3v) is 13.3. The van der Waals surface area contributed by atoms with Crippen LogP contribution in [-0.2, 0) is 5.41 Å². The van der Waals surface area contributed by atoms with Gasteiger partial charge in [-0.05, 0) is 132 Å². The van der Waals surface area contributed by atoms with Crippen molar-refractivity contribution in [1.29, 1.82) is 0 Å². The molecular weight excluding hydrogens is 715 g/mol. The molecular formula is C56H37N3. The van der Waals surface area contributed by atoms with Crippen molar-refractivity contribution in [2.75, 3.05) is 0 Å². The van der Waals surface area contributed by atoms with E-state index in [4.69, 9.17) is 4.98 Å². The van der Waals surface area contributed by atoms with Gasteiger partial charge in [0.05, 0.1) is 27.6 Å². The summed E-state index contributed by atoms with van der Waals surface area (Å²) >= 11 is 0. The lowest BCUT2D eigenvalue weighted by Gasteiger charge is -2.25. The zero-order valence-corrected chi connectivity index (χ0v) is 32.7. The van der Waals surface area contributed by atoms with Gasteiger partial charge in [0.25, 0.3) is 0 Å². The average Bonchev–Trinajstić information content (AvgIpc) is 3.88. The number of rotatable bonds is 3. The topological polar surface area (TPSA) is 22.8 Å². The SMILES string of the molecule is CC1(C)c2cc3c(cc2-c2ccc4c5ccccc5c5ccccc5c4c21)c1ccc(-c2ccc4c5ncccc5n(-c5ccccc5)c4c2)cc1n3-c1ccccc1. The van der Waals surface area contributed by atoms with Crippen LogP contribution in [0.3, 0.4) is 0 Å². The van der Waals surface area contributed by atoms with Gasteiger partial charge in [-0.15, -0.1) is 0 Å². The molecule has 59 heavy (non-hydrogen) atoms. The minimum Gasteiger partial charge on any atom is -0.309 e. The minimum atomic E-state index is -0.228. The number of benzene rings is 9. The smallest absolute Gasteiger partial charge is 0.0963 e. The third kappa shape index (κ3) is 4.39. The molecule has 3 heteroatoms. The molecule has 12 aromatic rings. The summed E-state index contributed by atoms with van der Waals surface area (Å²) in [6.45, 7) is 4.86. The van der Waals surface area contributed by atoms with Crippen LogP contribution in [-0.4, -0.2) is 14.1 Å². The van der Waals surface area contributed by atoms with E-state index in [1.165, 1.54) is 87.5 Å². The predicted octanol–water partition coefficient (Wildman–Crippen LogP) is 14.7. The van der Waals surface area contributed by atoms with Crippen LogP contribution < -0.4 is 0 Å². The van der Waals surface area contributed by atoms with E-state index < -0.39 is 0 Å². The van der Waals surface area contributed by atoms with Crippen LogP contribution in [0.4, 0.5) is 0 Å². The first kappa shape index (κ1) is 32.6. The normalized spacial score (nSPS) is 13.4. The molecule has 1 aliphatic rings. The standard InChI is InChI=1S/C56H37N3/c1-56(2)48-33-52-47(32-46(48)44-28-27-43-40-20-10-9-18-38(40)39-19-11-12-21-42(39)53(43)54(44)56)41-25-23-34(30-50(41)59(52)37-16-7-4-8-17-37)35-24-26-45-51(31-35)58(36-14-5-3-6-15-36)49-22-13-29-57-55(45)49/h3-33H,1-2H3. The first-order valence-electron chi connectivity index (χ1n) is 20.5. The maximum Gasteiger partial charge on any atom is 0.0963 e. The molecule has 9 aromatic carbocycles. The highest BCUT2D eigenvalue weighted by molar-refractivity contribution is 6.27. The average molecular weight is 752 g/mol. The second kappa shape index (κ2) is 11.8. The first-order valence-corrected chi connectivity index (χ1v) is 20.5. The molecule has 3 nitrogen and oxygen atoms in total. The Hall–Kier alpha value is -7.49. The second-order valence-electron chi connectivity index (χ2n) is 16.7. The first-order chi connectivity index (χ1) is 29.0. The van der Waals surface area contributed by atoms with Crippen molar-refractivity contribution in [3.63, 3.8) is 0 Å². The fourth-order valence-corrected chi connectivity index (χ4v) is 10.7. The molecule has 0 spiro atoms. The quantitative estimate of drug-likeness (QED) is 0.165. The van der Waals surface area contributed by atoms with Crippen molar-refractivity contribution in [2.45, 2.75) is 19.3 Å². The Morgan fingerprint density at radius 2 is 0.915 bits per heavy atom. The minimum absolute atomic E-state index is 0.228. The summed E-state index contributed by atoms with van der Waals surface area (Å²) in [4.78, 5) is 4.83. The molecule has 0 radical (unpaired) electrons. The largest absolute Gasteiger partial charge is 0.309 e. The molecule has 0 fully saturated rings. The number of pyridine rings is 1. The number of hydrogen-bond donors (Lipinski definition) is 0. The van der Waals surface area contributed by atoms with Crippen LogP contribution in [0.2, 0.25) is 0 Å². The molecule has 0 atom stereocenters. The molecule has 0 aliphatic heterocycles. The number of para-hydroxylation sites is 2. The Morgan fingerprint density at radius 1 is 0.390 bits per heavy atom. The van der Waals surface area contributed by atoms with Crippen molar-refractivity contribution in [3.05, 3.63) is 199 Å². The van der Waals surface area contributed by atoms with Crippen LogP contribution >= 0.6 is 0 Å². The summed E-state index contributed by atoms with van der Waals surface area (Å²) < 4.78 is 4.83. The summed E-state index contributed by atoms with van der Waals surface area (Å²) in [5, 5.41) is 11.7. The van der Waals surface area contributed by atoms with Gasteiger partial charge < -0.3 is 9.13 Å². The molecule has 3 heterocycles. The van der Waals surface area contributed by atoms with Gasteiger partial charge in [-0.25, -0.2) is 0 Å². The van der Waals surface area contributed by atoms with Crippen LogP contribution in [0.25, 0.3) is 110 Å². The van der Waals surface area contributed by atoms with Crippen molar-refractivity contribution in [3.8, 4) is 33.6 Å². The van der Waals surface area contributed by atoms with Gasteiger partial charge in [0, 0.05) is 39.1 Å². The van der Waals surface area contributed by atoms with Crippen LogP contribution in [0.15, 0.2) is 188 Å². The van der Waals surface area contributed by atoms with Crippen LogP contribution in [0, 0.1) is 0 Å².